The molecule has 0 aliphatic heterocycles. The van der Waals surface area contributed by atoms with E-state index in [9.17, 15) is 14.9 Å². The van der Waals surface area contributed by atoms with Crippen LogP contribution in [0.4, 0.5) is 11.5 Å². The van der Waals surface area contributed by atoms with Crippen LogP contribution in [0.2, 0.25) is 0 Å². The van der Waals surface area contributed by atoms with E-state index in [0.717, 1.165) is 0 Å². The molecule has 1 aromatic heterocycles. The number of nitro benzene ring substituents is 1. The molecule has 1 saturated carbocycles. The van der Waals surface area contributed by atoms with Gasteiger partial charge in [-0.15, -0.1) is 0 Å². The van der Waals surface area contributed by atoms with Crippen molar-refractivity contribution < 1.29 is 9.72 Å². The highest BCUT2D eigenvalue weighted by Crippen LogP contribution is 2.40. The number of anilines is 1. The average Bonchev–Trinajstić information content (AvgIpc) is 3.27. The van der Waals surface area contributed by atoms with Crippen molar-refractivity contribution in [2.75, 3.05) is 5.32 Å². The van der Waals surface area contributed by atoms with E-state index in [1.165, 1.54) is 37.1 Å². The van der Waals surface area contributed by atoms with E-state index >= 15 is 0 Å². The van der Waals surface area contributed by atoms with Crippen LogP contribution in [0, 0.1) is 16.0 Å². The van der Waals surface area contributed by atoms with E-state index in [1.807, 2.05) is 4.68 Å². The zero-order chi connectivity index (χ0) is 15.7. The van der Waals surface area contributed by atoms with Crippen molar-refractivity contribution >= 4 is 17.4 Å². The van der Waals surface area contributed by atoms with Gasteiger partial charge in [0.05, 0.1) is 17.2 Å². The van der Waals surface area contributed by atoms with Crippen LogP contribution in [0.3, 0.4) is 0 Å². The highest BCUT2D eigenvalue weighted by atomic mass is 16.6. The van der Waals surface area contributed by atoms with Crippen LogP contribution < -0.4 is 5.32 Å². The van der Waals surface area contributed by atoms with Crippen molar-refractivity contribution in [1.29, 1.82) is 0 Å². The molecule has 3 rings (SSSR count). The Morgan fingerprint density at radius 3 is 2.64 bits per heavy atom. The lowest BCUT2D eigenvalue weighted by atomic mass is 10.2. The van der Waals surface area contributed by atoms with Crippen LogP contribution in [-0.2, 0) is 0 Å². The molecule has 2 aromatic rings. The van der Waals surface area contributed by atoms with Crippen molar-refractivity contribution in [3.05, 3.63) is 52.2 Å². The highest BCUT2D eigenvalue weighted by molar-refractivity contribution is 6.03. The highest BCUT2D eigenvalue weighted by Gasteiger charge is 2.30. The van der Waals surface area contributed by atoms with Crippen LogP contribution in [-0.4, -0.2) is 20.6 Å². The van der Waals surface area contributed by atoms with Gasteiger partial charge < -0.3 is 5.32 Å². The first-order valence-corrected chi connectivity index (χ1v) is 7.15. The number of nitrogens with one attached hydrogen (secondary N) is 1. The molecule has 1 fully saturated rings. The van der Waals surface area contributed by atoms with E-state index < -0.39 is 4.92 Å². The topological polar surface area (TPSA) is 90.1 Å². The fourth-order valence-electron chi connectivity index (χ4n) is 2.44. The van der Waals surface area contributed by atoms with Gasteiger partial charge in [-0.1, -0.05) is 0 Å². The maximum atomic E-state index is 12.2. The van der Waals surface area contributed by atoms with Crippen LogP contribution in [0.25, 0.3) is 0 Å². The maximum absolute atomic E-state index is 12.2. The number of amides is 1. The molecule has 0 radical (unpaired) electrons. The van der Waals surface area contributed by atoms with E-state index in [4.69, 9.17) is 0 Å². The van der Waals surface area contributed by atoms with Crippen LogP contribution in [0.5, 0.6) is 0 Å². The molecular formula is C15H16N4O3. The van der Waals surface area contributed by atoms with E-state index in [-0.39, 0.29) is 17.6 Å². The first kappa shape index (κ1) is 14.2. The van der Waals surface area contributed by atoms with Gasteiger partial charge in [-0.25, -0.2) is 4.68 Å². The predicted molar refractivity (Wildman–Crippen MR) is 80.7 cm³/mol. The van der Waals surface area contributed by atoms with Gasteiger partial charge in [-0.05, 0) is 37.8 Å². The largest absolute Gasteiger partial charge is 0.307 e. The van der Waals surface area contributed by atoms with Crippen LogP contribution in [0.1, 0.15) is 36.2 Å². The second-order valence-electron chi connectivity index (χ2n) is 5.50. The molecule has 1 N–H and O–H groups in total. The first-order valence-electron chi connectivity index (χ1n) is 7.15. The summed E-state index contributed by atoms with van der Waals surface area (Å²) in [5.41, 5.74) is 0.335. The fraction of sp³-hybridized carbons (Fsp3) is 0.333. The van der Waals surface area contributed by atoms with Gasteiger partial charge in [0, 0.05) is 23.8 Å². The Kier molecular flexibility index (Phi) is 3.62. The summed E-state index contributed by atoms with van der Waals surface area (Å²) in [6.45, 7) is 2.09. The monoisotopic (exact) mass is 300 g/mol. The third kappa shape index (κ3) is 2.83. The van der Waals surface area contributed by atoms with Crippen molar-refractivity contribution in [3.63, 3.8) is 0 Å². The second-order valence-corrected chi connectivity index (χ2v) is 5.50. The second kappa shape index (κ2) is 5.59. The summed E-state index contributed by atoms with van der Waals surface area (Å²) in [6.07, 6.45) is 4.04. The summed E-state index contributed by atoms with van der Waals surface area (Å²) in [4.78, 5) is 22.4. The number of hydrogen-bond acceptors (Lipinski definition) is 4. The van der Waals surface area contributed by atoms with Crippen molar-refractivity contribution in [1.82, 2.24) is 9.78 Å². The van der Waals surface area contributed by atoms with Gasteiger partial charge in [0.2, 0.25) is 0 Å². The quantitative estimate of drug-likeness (QED) is 0.679. The molecule has 114 valence electrons. The molecule has 1 aromatic carbocycles. The van der Waals surface area contributed by atoms with Crippen LogP contribution in [0.15, 0.2) is 36.5 Å². The summed E-state index contributed by atoms with van der Waals surface area (Å²) in [5.74, 6) is 0.956. The SMILES string of the molecule is C[C@H](C1CC1)n1nccc1NC(=O)c1ccc([N+](=O)[O-])cc1. The molecule has 1 aliphatic rings. The van der Waals surface area contributed by atoms with Gasteiger partial charge in [0.1, 0.15) is 5.82 Å². The van der Waals surface area contributed by atoms with Gasteiger partial charge in [0.15, 0.2) is 0 Å². The van der Waals surface area contributed by atoms with Gasteiger partial charge in [-0.3, -0.25) is 14.9 Å². The third-order valence-electron chi connectivity index (χ3n) is 3.94. The Hall–Kier alpha value is -2.70. The molecule has 0 spiro atoms. The minimum atomic E-state index is -0.492. The van der Waals surface area contributed by atoms with Gasteiger partial charge >= 0.3 is 0 Å². The lowest BCUT2D eigenvalue weighted by molar-refractivity contribution is -0.384. The Morgan fingerprint density at radius 2 is 2.05 bits per heavy atom. The molecular weight excluding hydrogens is 284 g/mol. The van der Waals surface area contributed by atoms with Gasteiger partial charge in [-0.2, -0.15) is 5.10 Å². The lowest BCUT2D eigenvalue weighted by Crippen LogP contribution is -2.18. The van der Waals surface area contributed by atoms with E-state index in [1.54, 1.807) is 12.3 Å². The third-order valence-corrected chi connectivity index (χ3v) is 3.94. The van der Waals surface area contributed by atoms with Crippen molar-refractivity contribution in [3.8, 4) is 0 Å². The molecule has 1 atom stereocenters. The molecule has 0 saturated heterocycles. The predicted octanol–water partition coefficient (Wildman–Crippen LogP) is 3.01. The molecule has 7 nitrogen and oxygen atoms in total. The summed E-state index contributed by atoms with van der Waals surface area (Å²) in [5, 5.41) is 17.7. The average molecular weight is 300 g/mol. The number of nitrogens with zero attached hydrogens (tertiary/aromatic N) is 3. The van der Waals surface area contributed by atoms with Gasteiger partial charge in [0.25, 0.3) is 11.6 Å². The number of carbonyl (C=O) groups is 1. The zero-order valence-electron chi connectivity index (χ0n) is 12.1. The summed E-state index contributed by atoms with van der Waals surface area (Å²) in [6, 6.07) is 7.53. The molecule has 0 bridgehead atoms. The Morgan fingerprint density at radius 1 is 1.36 bits per heavy atom. The molecule has 1 amide bonds. The zero-order valence-corrected chi connectivity index (χ0v) is 12.1. The summed E-state index contributed by atoms with van der Waals surface area (Å²) in [7, 11) is 0. The standard InChI is InChI=1S/C15H16N4O3/c1-10(11-2-3-11)18-14(8-9-16-18)17-15(20)12-4-6-13(7-5-12)19(21)22/h4-11H,2-3H2,1H3,(H,17,20)/t10-/m1/s1. The Bertz CT molecular complexity index is 704. The lowest BCUT2D eigenvalue weighted by Gasteiger charge is -2.15. The number of carbonyl (C=O) groups excluding carboxylic acids is 1. The minimum absolute atomic E-state index is 0.0380. The summed E-state index contributed by atoms with van der Waals surface area (Å²) >= 11 is 0. The fourth-order valence-corrected chi connectivity index (χ4v) is 2.44. The first-order chi connectivity index (χ1) is 10.6. The van der Waals surface area contributed by atoms with E-state index in [0.29, 0.717) is 17.3 Å². The smallest absolute Gasteiger partial charge is 0.269 e. The summed E-state index contributed by atoms with van der Waals surface area (Å²) < 4.78 is 1.82. The minimum Gasteiger partial charge on any atom is -0.307 e. The number of non-ortho nitro benzene ring substituents is 1. The number of benzene rings is 1. The van der Waals surface area contributed by atoms with Crippen molar-refractivity contribution in [2.24, 2.45) is 5.92 Å². The maximum Gasteiger partial charge on any atom is 0.269 e. The molecule has 0 unspecified atom stereocenters. The number of rotatable bonds is 5. The molecule has 22 heavy (non-hydrogen) atoms. The number of nitro groups is 1. The molecule has 1 aliphatic carbocycles. The number of hydrogen-bond donors (Lipinski definition) is 1. The van der Waals surface area contributed by atoms with Crippen molar-refractivity contribution in [2.45, 2.75) is 25.8 Å². The Balaban J connectivity index is 1.74. The normalized spacial score (nSPS) is 15.3. The Labute approximate surface area is 127 Å². The van der Waals surface area contributed by atoms with Crippen LogP contribution >= 0.6 is 0 Å². The molecule has 1 heterocycles. The van der Waals surface area contributed by atoms with E-state index in [2.05, 4.69) is 17.3 Å². The number of aromatic nitrogens is 2. The molecule has 7 heteroatoms.